The first-order valence-corrected chi connectivity index (χ1v) is 7.25. The van der Waals surface area contributed by atoms with E-state index in [4.69, 9.17) is 14.2 Å². The van der Waals surface area contributed by atoms with Gasteiger partial charge in [-0.2, -0.15) is 0 Å². The summed E-state index contributed by atoms with van der Waals surface area (Å²) in [5, 5.41) is 0.609. The van der Waals surface area contributed by atoms with Gasteiger partial charge in [-0.1, -0.05) is 22.9 Å². The number of esters is 1. The highest BCUT2D eigenvalue weighted by molar-refractivity contribution is 9.09. The van der Waals surface area contributed by atoms with Gasteiger partial charge in [0.25, 0.3) is 0 Å². The van der Waals surface area contributed by atoms with Gasteiger partial charge in [0.15, 0.2) is 5.79 Å². The summed E-state index contributed by atoms with van der Waals surface area (Å²) in [4.78, 5) is 12.1. The zero-order valence-corrected chi connectivity index (χ0v) is 12.6. The molecule has 0 bridgehead atoms. The molecule has 0 saturated carbocycles. The monoisotopic (exact) mass is 318 g/mol. The molecule has 0 unspecified atom stereocenters. The molecule has 1 aliphatic carbocycles. The second kappa shape index (κ2) is 4.94. The van der Waals surface area contributed by atoms with Gasteiger partial charge < -0.3 is 14.2 Å². The van der Waals surface area contributed by atoms with Crippen LogP contribution in [-0.4, -0.2) is 37.4 Å². The Kier molecular flexibility index (Phi) is 3.85. The normalized spacial score (nSPS) is 34.4. The molecule has 0 aromatic carbocycles. The summed E-state index contributed by atoms with van der Waals surface area (Å²) in [6.07, 6.45) is 2.63. The van der Waals surface area contributed by atoms with Gasteiger partial charge in [0.1, 0.15) is 0 Å². The van der Waals surface area contributed by atoms with Crippen molar-refractivity contribution in [1.82, 2.24) is 0 Å². The third-order valence-corrected chi connectivity index (χ3v) is 4.77. The molecular weight excluding hydrogens is 300 g/mol. The number of methoxy groups -OCH3 is 1. The molecule has 2 atom stereocenters. The van der Waals surface area contributed by atoms with E-state index in [1.807, 2.05) is 19.9 Å². The number of carbonyl (C=O) groups excluding carboxylic acids is 1. The van der Waals surface area contributed by atoms with Crippen molar-refractivity contribution in [2.75, 3.05) is 25.7 Å². The van der Waals surface area contributed by atoms with E-state index in [0.717, 1.165) is 5.57 Å². The number of hydrogen-bond donors (Lipinski definition) is 0. The lowest BCUT2D eigenvalue weighted by molar-refractivity contribution is -0.165. The first-order chi connectivity index (χ1) is 8.48. The maximum Gasteiger partial charge on any atom is 0.315 e. The number of rotatable bonds is 2. The van der Waals surface area contributed by atoms with Crippen molar-refractivity contribution in [3.8, 4) is 0 Å². The van der Waals surface area contributed by atoms with E-state index in [1.165, 1.54) is 7.11 Å². The third-order valence-electron chi connectivity index (χ3n) is 4.17. The van der Waals surface area contributed by atoms with Crippen LogP contribution in [0.25, 0.3) is 0 Å². The maximum atomic E-state index is 12.1. The molecule has 0 aromatic rings. The van der Waals surface area contributed by atoms with Crippen LogP contribution in [0.2, 0.25) is 0 Å². The minimum atomic E-state index is -0.643. The Labute approximate surface area is 116 Å². The minimum absolute atomic E-state index is 0.0978. The van der Waals surface area contributed by atoms with Crippen LogP contribution in [-0.2, 0) is 19.0 Å². The second-order valence-corrected chi connectivity index (χ2v) is 5.67. The summed E-state index contributed by atoms with van der Waals surface area (Å²) < 4.78 is 16.4. The van der Waals surface area contributed by atoms with Crippen LogP contribution < -0.4 is 0 Å². The van der Waals surface area contributed by atoms with Gasteiger partial charge in [-0.15, -0.1) is 0 Å². The van der Waals surface area contributed by atoms with Gasteiger partial charge in [0.05, 0.1) is 25.7 Å². The van der Waals surface area contributed by atoms with E-state index in [9.17, 15) is 4.79 Å². The molecule has 5 heteroatoms. The predicted molar refractivity (Wildman–Crippen MR) is 70.4 cm³/mol. The SMILES string of the molecule is COC(=O)[C@]1(C)C(CBr)=CC2(C[C@H]1C)OCCO2. The first-order valence-electron chi connectivity index (χ1n) is 6.13. The van der Waals surface area contributed by atoms with Crippen molar-refractivity contribution in [1.29, 1.82) is 0 Å². The molecular formula is C13H19BrO4. The Morgan fingerprint density at radius 2 is 2.17 bits per heavy atom. The highest BCUT2D eigenvalue weighted by Crippen LogP contribution is 2.48. The zero-order chi connectivity index (χ0) is 13.4. The Balaban J connectivity index is 2.41. The van der Waals surface area contributed by atoms with Gasteiger partial charge in [0.2, 0.25) is 0 Å². The van der Waals surface area contributed by atoms with Crippen LogP contribution in [0.1, 0.15) is 20.3 Å². The van der Waals surface area contributed by atoms with Crippen LogP contribution in [0.15, 0.2) is 11.6 Å². The second-order valence-electron chi connectivity index (χ2n) is 5.11. The molecule has 4 nitrogen and oxygen atoms in total. The average Bonchev–Trinajstić information content (AvgIpc) is 2.81. The molecule has 2 rings (SSSR count). The van der Waals surface area contributed by atoms with Crippen LogP contribution in [0.3, 0.4) is 0 Å². The lowest BCUT2D eigenvalue weighted by atomic mass is 9.66. The largest absolute Gasteiger partial charge is 0.468 e. The lowest BCUT2D eigenvalue weighted by Crippen LogP contribution is -2.47. The number of ether oxygens (including phenoxy) is 3. The fraction of sp³-hybridized carbons (Fsp3) is 0.769. The van der Waals surface area contributed by atoms with E-state index >= 15 is 0 Å². The summed E-state index contributed by atoms with van der Waals surface area (Å²) in [7, 11) is 1.43. The minimum Gasteiger partial charge on any atom is -0.468 e. The van der Waals surface area contributed by atoms with Crippen molar-refractivity contribution in [3.05, 3.63) is 11.6 Å². The topological polar surface area (TPSA) is 44.8 Å². The van der Waals surface area contributed by atoms with Gasteiger partial charge in [-0.05, 0) is 24.5 Å². The Morgan fingerprint density at radius 3 is 2.67 bits per heavy atom. The molecule has 0 N–H and O–H groups in total. The standard InChI is InChI=1S/C13H19BrO4/c1-9-6-13(17-4-5-18-13)7-10(8-14)12(9,2)11(15)16-3/h7,9H,4-6,8H2,1-3H3/t9-,12+/m1/s1. The van der Waals surface area contributed by atoms with Gasteiger partial charge in [0, 0.05) is 11.8 Å². The first kappa shape index (κ1) is 14.0. The maximum absolute atomic E-state index is 12.1. The van der Waals surface area contributed by atoms with E-state index in [1.54, 1.807) is 0 Å². The van der Waals surface area contributed by atoms with Gasteiger partial charge in [-0.25, -0.2) is 0 Å². The van der Waals surface area contributed by atoms with Crippen LogP contribution in [0.4, 0.5) is 0 Å². The van der Waals surface area contributed by atoms with E-state index in [-0.39, 0.29) is 11.9 Å². The highest BCUT2D eigenvalue weighted by atomic mass is 79.9. The molecule has 1 spiro atoms. The molecule has 1 heterocycles. The molecule has 0 radical (unpaired) electrons. The van der Waals surface area contributed by atoms with Crippen molar-refractivity contribution < 1.29 is 19.0 Å². The fourth-order valence-electron chi connectivity index (χ4n) is 2.82. The number of hydrogen-bond acceptors (Lipinski definition) is 4. The van der Waals surface area contributed by atoms with Crippen LogP contribution in [0.5, 0.6) is 0 Å². The quantitative estimate of drug-likeness (QED) is 0.445. The Bertz CT molecular complexity index is 373. The molecule has 102 valence electrons. The van der Waals surface area contributed by atoms with Gasteiger partial charge >= 0.3 is 5.97 Å². The molecule has 1 aliphatic heterocycles. The van der Waals surface area contributed by atoms with E-state index in [2.05, 4.69) is 15.9 Å². The summed E-state index contributed by atoms with van der Waals surface area (Å²) in [5.74, 6) is -0.745. The Hall–Kier alpha value is -0.390. The number of carbonyl (C=O) groups is 1. The lowest BCUT2D eigenvalue weighted by Gasteiger charge is -2.43. The molecule has 0 aromatic heterocycles. The van der Waals surface area contributed by atoms with Crippen molar-refractivity contribution in [2.24, 2.45) is 11.3 Å². The summed E-state index contributed by atoms with van der Waals surface area (Å²) in [5.41, 5.74) is 0.355. The molecule has 2 aliphatic rings. The zero-order valence-electron chi connectivity index (χ0n) is 11.0. The highest BCUT2D eigenvalue weighted by Gasteiger charge is 2.52. The smallest absolute Gasteiger partial charge is 0.315 e. The number of halogens is 1. The fourth-order valence-corrected chi connectivity index (χ4v) is 3.56. The molecule has 1 saturated heterocycles. The van der Waals surface area contributed by atoms with E-state index < -0.39 is 11.2 Å². The van der Waals surface area contributed by atoms with E-state index in [0.29, 0.717) is 25.0 Å². The van der Waals surface area contributed by atoms with Crippen LogP contribution >= 0.6 is 15.9 Å². The van der Waals surface area contributed by atoms with Crippen molar-refractivity contribution in [2.45, 2.75) is 26.1 Å². The molecule has 1 fully saturated rings. The Morgan fingerprint density at radius 1 is 1.56 bits per heavy atom. The number of alkyl halides is 1. The van der Waals surface area contributed by atoms with Crippen LogP contribution in [0, 0.1) is 11.3 Å². The van der Waals surface area contributed by atoms with Crippen molar-refractivity contribution in [3.63, 3.8) is 0 Å². The average molecular weight is 319 g/mol. The summed E-state index contributed by atoms with van der Waals surface area (Å²) >= 11 is 3.45. The summed E-state index contributed by atoms with van der Waals surface area (Å²) in [6, 6.07) is 0. The predicted octanol–water partition coefficient (Wildman–Crippen LogP) is 2.27. The molecule has 18 heavy (non-hydrogen) atoms. The third kappa shape index (κ3) is 2.02. The molecule has 0 amide bonds. The summed E-state index contributed by atoms with van der Waals surface area (Å²) in [6.45, 7) is 5.18. The van der Waals surface area contributed by atoms with Crippen molar-refractivity contribution >= 4 is 21.9 Å². The van der Waals surface area contributed by atoms with Gasteiger partial charge in [-0.3, -0.25) is 4.79 Å².